The van der Waals surface area contributed by atoms with Crippen LogP contribution in [0.2, 0.25) is 0 Å². The van der Waals surface area contributed by atoms with Crippen LogP contribution < -0.4 is 15.4 Å². The topological polar surface area (TPSA) is 177 Å². The van der Waals surface area contributed by atoms with Gasteiger partial charge >= 0.3 is 5.97 Å². The number of carboxylic acid groups (broad SMARTS) is 1. The molecule has 2 fully saturated rings. The lowest BCUT2D eigenvalue weighted by Crippen LogP contribution is -2.54. The summed E-state index contributed by atoms with van der Waals surface area (Å²) in [6.45, 7) is 3.59. The number of piperidine rings is 1. The Labute approximate surface area is 239 Å². The lowest BCUT2D eigenvalue weighted by molar-refractivity contribution is -0.139. The van der Waals surface area contributed by atoms with Crippen LogP contribution in [0.25, 0.3) is 0 Å². The molecule has 0 aromatic heterocycles. The molecular weight excluding hydrogens is 548 g/mol. The summed E-state index contributed by atoms with van der Waals surface area (Å²) in [6, 6.07) is 11.2. The van der Waals surface area contributed by atoms with E-state index in [1.165, 1.54) is 36.1 Å². The largest absolute Gasteiger partial charge is 0.478 e. The molecule has 41 heavy (non-hydrogen) atoms. The van der Waals surface area contributed by atoms with Crippen molar-refractivity contribution in [2.45, 2.75) is 49.6 Å². The second kappa shape index (κ2) is 12.6. The first-order chi connectivity index (χ1) is 19.5. The van der Waals surface area contributed by atoms with Crippen molar-refractivity contribution in [1.29, 1.82) is 5.41 Å². The standard InChI is InChI=1S/C28H36N6O6S/c1-19(34(22-6-3-2-4-7-22)41(39,40)23-11-9-21(10-12-23)27(37)38)26(36)33-15-5-8-24(33)25(35)31-18-20-13-16-32(17-14-20)28(29)30/h2-4,6-7,9-12,19-20,24H,5,8,13-18H2,1H3,(H3,29,30)(H,31,35)(H,37,38)/t19-,24-/m0/s1. The number of anilines is 1. The second-order valence-electron chi connectivity index (χ2n) is 10.4. The van der Waals surface area contributed by atoms with E-state index in [0.29, 0.717) is 39.0 Å². The summed E-state index contributed by atoms with van der Waals surface area (Å²) in [5.41, 5.74) is 5.77. The molecule has 2 heterocycles. The van der Waals surface area contributed by atoms with E-state index in [1.807, 2.05) is 0 Å². The zero-order valence-corrected chi connectivity index (χ0v) is 23.7. The van der Waals surface area contributed by atoms with Gasteiger partial charge in [0.15, 0.2) is 5.96 Å². The van der Waals surface area contributed by atoms with Crippen LogP contribution in [0.4, 0.5) is 5.69 Å². The van der Waals surface area contributed by atoms with Crippen molar-refractivity contribution in [3.63, 3.8) is 0 Å². The molecule has 0 radical (unpaired) electrons. The summed E-state index contributed by atoms with van der Waals surface area (Å²) in [5, 5.41) is 19.7. The third-order valence-corrected chi connectivity index (χ3v) is 9.65. The van der Waals surface area contributed by atoms with Crippen LogP contribution in [-0.4, -0.2) is 85.3 Å². The first-order valence-electron chi connectivity index (χ1n) is 13.6. The smallest absolute Gasteiger partial charge is 0.335 e. The number of sulfonamides is 1. The Morgan fingerprint density at radius 3 is 2.27 bits per heavy atom. The molecular formula is C28H36N6O6S. The Kier molecular flexibility index (Phi) is 9.16. The number of nitrogens with zero attached hydrogens (tertiary/aromatic N) is 3. The van der Waals surface area contributed by atoms with Gasteiger partial charge in [0, 0.05) is 26.2 Å². The maximum absolute atomic E-state index is 13.8. The van der Waals surface area contributed by atoms with Gasteiger partial charge in [-0.2, -0.15) is 0 Å². The predicted octanol–water partition coefficient (Wildman–Crippen LogP) is 1.68. The average Bonchev–Trinajstić information content (AvgIpc) is 3.46. The van der Waals surface area contributed by atoms with E-state index in [2.05, 4.69) is 5.32 Å². The molecule has 2 atom stereocenters. The minimum Gasteiger partial charge on any atom is -0.478 e. The van der Waals surface area contributed by atoms with Gasteiger partial charge in [-0.1, -0.05) is 18.2 Å². The molecule has 220 valence electrons. The molecule has 2 aliphatic rings. The number of guanidine groups is 1. The number of hydrogen-bond acceptors (Lipinski definition) is 6. The molecule has 0 unspecified atom stereocenters. The molecule has 0 saturated carbocycles. The number of carbonyl (C=O) groups excluding carboxylic acids is 2. The Morgan fingerprint density at radius 1 is 1.05 bits per heavy atom. The highest BCUT2D eigenvalue weighted by molar-refractivity contribution is 7.93. The normalized spacial score (nSPS) is 18.5. The van der Waals surface area contributed by atoms with Gasteiger partial charge < -0.3 is 26.0 Å². The third-order valence-electron chi connectivity index (χ3n) is 7.74. The Balaban J connectivity index is 1.50. The lowest BCUT2D eigenvalue weighted by atomic mass is 9.97. The molecule has 2 saturated heterocycles. The van der Waals surface area contributed by atoms with Gasteiger partial charge in [0.1, 0.15) is 12.1 Å². The van der Waals surface area contributed by atoms with E-state index in [4.69, 9.17) is 11.1 Å². The zero-order valence-electron chi connectivity index (χ0n) is 22.9. The average molecular weight is 585 g/mol. The monoisotopic (exact) mass is 584 g/mol. The zero-order chi connectivity index (χ0) is 29.7. The predicted molar refractivity (Wildman–Crippen MR) is 153 cm³/mol. The maximum atomic E-state index is 13.8. The van der Waals surface area contributed by atoms with Crippen molar-refractivity contribution in [2.75, 3.05) is 30.5 Å². The lowest BCUT2D eigenvalue weighted by Gasteiger charge is -2.34. The first-order valence-corrected chi connectivity index (χ1v) is 15.0. The number of aromatic carboxylic acids is 1. The van der Waals surface area contributed by atoms with Crippen molar-refractivity contribution in [2.24, 2.45) is 11.7 Å². The molecule has 2 aromatic rings. The minimum absolute atomic E-state index is 0.0468. The van der Waals surface area contributed by atoms with Gasteiger partial charge in [-0.15, -0.1) is 0 Å². The fourth-order valence-corrected chi connectivity index (χ4v) is 7.03. The van der Waals surface area contributed by atoms with Crippen LogP contribution in [0.15, 0.2) is 59.5 Å². The highest BCUT2D eigenvalue weighted by atomic mass is 32.2. The number of nitrogens with two attached hydrogens (primary N) is 1. The van der Waals surface area contributed by atoms with Gasteiger partial charge in [-0.25, -0.2) is 13.2 Å². The fourth-order valence-electron chi connectivity index (χ4n) is 5.41. The number of carbonyl (C=O) groups is 3. The first kappa shape index (κ1) is 29.8. The van der Waals surface area contributed by atoms with E-state index < -0.39 is 34.0 Å². The summed E-state index contributed by atoms with van der Waals surface area (Å²) in [4.78, 5) is 41.4. The molecule has 2 amide bonds. The minimum atomic E-state index is -4.28. The molecule has 12 nitrogen and oxygen atoms in total. The van der Waals surface area contributed by atoms with Crippen molar-refractivity contribution in [1.82, 2.24) is 15.1 Å². The van der Waals surface area contributed by atoms with Crippen LogP contribution in [-0.2, 0) is 19.6 Å². The molecule has 0 aliphatic carbocycles. The SMILES string of the molecule is C[C@@H](C(=O)N1CCC[C@H]1C(=O)NCC1CCN(C(=N)N)CC1)N(c1ccccc1)S(=O)(=O)c1ccc(C(=O)O)cc1. The molecule has 0 spiro atoms. The molecule has 2 aliphatic heterocycles. The van der Waals surface area contributed by atoms with Gasteiger partial charge in [-0.05, 0) is 74.9 Å². The maximum Gasteiger partial charge on any atom is 0.335 e. The van der Waals surface area contributed by atoms with Crippen molar-refractivity contribution < 1.29 is 27.9 Å². The summed E-state index contributed by atoms with van der Waals surface area (Å²) < 4.78 is 28.7. The van der Waals surface area contributed by atoms with E-state index in [-0.39, 0.29) is 33.9 Å². The number of carboxylic acids is 1. The van der Waals surface area contributed by atoms with Crippen LogP contribution >= 0.6 is 0 Å². The van der Waals surface area contributed by atoms with E-state index in [1.54, 1.807) is 35.2 Å². The third kappa shape index (κ3) is 6.62. The molecule has 5 N–H and O–H groups in total. The summed E-state index contributed by atoms with van der Waals surface area (Å²) in [5.74, 6) is -1.66. The Hall–Kier alpha value is -4.13. The molecule has 2 aromatic carbocycles. The number of para-hydroxylation sites is 1. The van der Waals surface area contributed by atoms with E-state index in [9.17, 15) is 27.9 Å². The summed E-state index contributed by atoms with van der Waals surface area (Å²) in [7, 11) is -4.28. The van der Waals surface area contributed by atoms with Crippen molar-refractivity contribution in [3.8, 4) is 0 Å². The van der Waals surface area contributed by atoms with E-state index >= 15 is 0 Å². The summed E-state index contributed by atoms with van der Waals surface area (Å²) >= 11 is 0. The van der Waals surface area contributed by atoms with E-state index in [0.717, 1.165) is 17.1 Å². The quantitative estimate of drug-likeness (QED) is 0.254. The molecule has 4 rings (SSSR count). The highest BCUT2D eigenvalue weighted by Crippen LogP contribution is 2.29. The molecule has 0 bridgehead atoms. The van der Waals surface area contributed by atoms with Crippen LogP contribution in [0.5, 0.6) is 0 Å². The van der Waals surface area contributed by atoms with Crippen molar-refractivity contribution in [3.05, 3.63) is 60.2 Å². The van der Waals surface area contributed by atoms with Gasteiger partial charge in [0.05, 0.1) is 16.1 Å². The van der Waals surface area contributed by atoms with Gasteiger partial charge in [0.2, 0.25) is 11.8 Å². The second-order valence-corrected chi connectivity index (χ2v) is 12.2. The number of rotatable bonds is 9. The van der Waals surface area contributed by atoms with Crippen LogP contribution in [0.1, 0.15) is 43.0 Å². The Bertz CT molecular complexity index is 1380. The number of hydrogen-bond donors (Lipinski definition) is 4. The highest BCUT2D eigenvalue weighted by Gasteiger charge is 2.41. The number of likely N-dealkylation sites (tertiary alicyclic amines) is 2. The number of nitrogens with one attached hydrogen (secondary N) is 2. The summed E-state index contributed by atoms with van der Waals surface area (Å²) in [6.07, 6.45) is 2.67. The fraction of sp³-hybridized carbons (Fsp3) is 0.429. The van der Waals surface area contributed by atoms with Gasteiger partial charge in [-0.3, -0.25) is 19.3 Å². The number of amides is 2. The van der Waals surface area contributed by atoms with Crippen molar-refractivity contribution >= 4 is 39.5 Å². The van der Waals surface area contributed by atoms with Gasteiger partial charge in [0.25, 0.3) is 10.0 Å². The van der Waals surface area contributed by atoms with Crippen LogP contribution in [0.3, 0.4) is 0 Å². The Morgan fingerprint density at radius 2 is 1.68 bits per heavy atom. The van der Waals surface area contributed by atoms with Crippen LogP contribution in [0, 0.1) is 11.3 Å². The number of benzene rings is 2. The molecule has 13 heteroatoms.